The predicted molar refractivity (Wildman–Crippen MR) is 117 cm³/mol. The Morgan fingerprint density at radius 1 is 0.778 bits per heavy atom. The Labute approximate surface area is 161 Å². The third-order valence-corrected chi connectivity index (χ3v) is 9.79. The van der Waals surface area contributed by atoms with Crippen LogP contribution in [-0.4, -0.2) is 19.2 Å². The van der Waals surface area contributed by atoms with Crippen LogP contribution in [0.2, 0.25) is 0 Å². The van der Waals surface area contributed by atoms with Gasteiger partial charge in [0.05, 0.1) is 0 Å². The van der Waals surface area contributed by atoms with Crippen molar-refractivity contribution in [3.05, 3.63) is 103 Å². The van der Waals surface area contributed by atoms with Gasteiger partial charge in [-0.3, -0.25) is 0 Å². The Morgan fingerprint density at radius 2 is 1.15 bits per heavy atom. The van der Waals surface area contributed by atoms with E-state index in [1.807, 2.05) is 31.2 Å². The van der Waals surface area contributed by atoms with E-state index in [0.717, 1.165) is 6.16 Å². The van der Waals surface area contributed by atoms with E-state index >= 15 is 0 Å². The zero-order valence-corrected chi connectivity index (χ0v) is 16.8. The second kappa shape index (κ2) is 8.79. The zero-order chi connectivity index (χ0) is 19.1. The van der Waals surface area contributed by atoms with Crippen molar-refractivity contribution in [2.45, 2.75) is 6.92 Å². The van der Waals surface area contributed by atoms with Crippen LogP contribution in [0.15, 0.2) is 103 Å². The number of hydrogen-bond acceptors (Lipinski definition) is 2. The minimum absolute atomic E-state index is 0.271. The van der Waals surface area contributed by atoms with Gasteiger partial charge in [0.15, 0.2) is 0 Å². The number of carbonyl (C=O) groups is 1. The van der Waals surface area contributed by atoms with E-state index in [1.165, 1.54) is 23.0 Å². The quantitative estimate of drug-likeness (QED) is 0.371. The molecule has 138 valence electrons. The summed E-state index contributed by atoms with van der Waals surface area (Å²) >= 11 is 0. The van der Waals surface area contributed by atoms with Crippen molar-refractivity contribution in [3.63, 3.8) is 0 Å². The summed E-state index contributed by atoms with van der Waals surface area (Å²) in [6.45, 7) is 1.83. The first-order valence-corrected chi connectivity index (χ1v) is 11.3. The molecule has 3 heteroatoms. The maximum atomic E-state index is 12.0. The molecule has 0 aromatic heterocycles. The monoisotopic (exact) mass is 376 g/mol. The van der Waals surface area contributed by atoms with Gasteiger partial charge in [0, 0.05) is 0 Å². The number of rotatable bonds is 6. The Bertz CT molecular complexity index is 806. The van der Waals surface area contributed by atoms with Gasteiger partial charge >= 0.3 is 162 Å². The molecule has 0 aliphatic heterocycles. The fourth-order valence-electron chi connectivity index (χ4n) is 3.57. The number of hydrogen-bond donors (Lipinski definition) is 0. The van der Waals surface area contributed by atoms with Gasteiger partial charge in [-0.1, -0.05) is 0 Å². The van der Waals surface area contributed by atoms with Crippen LogP contribution in [0.3, 0.4) is 0 Å². The molecule has 0 spiro atoms. The minimum atomic E-state index is -2.33. The van der Waals surface area contributed by atoms with Crippen LogP contribution in [0.4, 0.5) is 0 Å². The molecule has 0 saturated heterocycles. The molecule has 0 radical (unpaired) electrons. The van der Waals surface area contributed by atoms with Gasteiger partial charge < -0.3 is 0 Å². The number of allylic oxidation sites excluding steroid dienone is 1. The fourth-order valence-corrected chi connectivity index (χ4v) is 8.18. The van der Waals surface area contributed by atoms with Crippen molar-refractivity contribution in [1.29, 1.82) is 0 Å². The van der Waals surface area contributed by atoms with Crippen LogP contribution in [0, 0.1) is 0 Å². The summed E-state index contributed by atoms with van der Waals surface area (Å²) in [7, 11) is -0.903. The van der Waals surface area contributed by atoms with Crippen LogP contribution in [0.5, 0.6) is 0 Å². The Kier molecular flexibility index (Phi) is 6.21. The van der Waals surface area contributed by atoms with Crippen LogP contribution in [-0.2, 0) is 9.53 Å². The first-order chi connectivity index (χ1) is 13.2. The molecule has 0 atom stereocenters. The van der Waals surface area contributed by atoms with Crippen molar-refractivity contribution < 1.29 is 9.53 Å². The second-order valence-corrected chi connectivity index (χ2v) is 10.5. The summed E-state index contributed by atoms with van der Waals surface area (Å²) < 4.78 is 4.90. The molecule has 3 aromatic carbocycles. The normalized spacial score (nSPS) is 12.4. The first kappa shape index (κ1) is 19.1. The van der Waals surface area contributed by atoms with Crippen LogP contribution >= 0.6 is 7.26 Å². The third kappa shape index (κ3) is 4.02. The van der Waals surface area contributed by atoms with E-state index in [-0.39, 0.29) is 5.97 Å². The molecule has 0 saturated carbocycles. The first-order valence-electron chi connectivity index (χ1n) is 9.10. The number of esters is 1. The summed E-state index contributed by atoms with van der Waals surface area (Å²) in [5.74, 6) is -0.271. The van der Waals surface area contributed by atoms with E-state index < -0.39 is 7.26 Å². The summed E-state index contributed by atoms with van der Waals surface area (Å²) in [6.07, 6.45) is 2.84. The van der Waals surface area contributed by atoms with Crippen molar-refractivity contribution in [1.82, 2.24) is 0 Å². The molecule has 27 heavy (non-hydrogen) atoms. The van der Waals surface area contributed by atoms with E-state index in [4.69, 9.17) is 4.74 Å². The Hall–Kier alpha value is -2.70. The molecule has 3 aromatic rings. The predicted octanol–water partition coefficient (Wildman–Crippen LogP) is 3.83. The molecule has 0 fully saturated rings. The zero-order valence-electron chi connectivity index (χ0n) is 15.8. The summed E-state index contributed by atoms with van der Waals surface area (Å²) in [5.41, 5.74) is 0.650. The molecule has 0 unspecified atom stereocenters. The molecule has 2 nitrogen and oxygen atoms in total. The van der Waals surface area contributed by atoms with E-state index in [9.17, 15) is 4.79 Å². The van der Waals surface area contributed by atoms with Gasteiger partial charge in [-0.15, -0.1) is 0 Å². The van der Waals surface area contributed by atoms with Crippen molar-refractivity contribution in [2.24, 2.45) is 0 Å². The maximum absolute atomic E-state index is 12.0. The topological polar surface area (TPSA) is 26.3 Å². The van der Waals surface area contributed by atoms with Gasteiger partial charge in [-0.05, 0) is 0 Å². The van der Waals surface area contributed by atoms with Gasteiger partial charge in [0.25, 0.3) is 0 Å². The summed E-state index contributed by atoms with van der Waals surface area (Å²) in [4.78, 5) is 12.0. The molecular weight excluding hydrogens is 351 g/mol. The van der Waals surface area contributed by atoms with Gasteiger partial charge in [-0.25, -0.2) is 0 Å². The Balaban J connectivity index is 2.24. The standard InChI is InChI=1S/C24H25O2P/c1-20(24(25)26-2)18-19-27(21-12-6-3-7-13-21,22-14-8-4-9-15-22)23-16-10-5-11-17-23/h3-18,27H,19H2,1-2H3/b20-18+. The summed E-state index contributed by atoms with van der Waals surface area (Å²) in [5, 5.41) is 3.99. The average molecular weight is 376 g/mol. The van der Waals surface area contributed by atoms with E-state index in [0.29, 0.717) is 5.57 Å². The van der Waals surface area contributed by atoms with Crippen molar-refractivity contribution in [3.8, 4) is 0 Å². The average Bonchev–Trinajstić information content (AvgIpc) is 2.75. The SMILES string of the molecule is COC(=O)/C(C)=C/C[PH](c1ccccc1)(c1ccccc1)c1ccccc1. The van der Waals surface area contributed by atoms with Gasteiger partial charge in [0.1, 0.15) is 0 Å². The van der Waals surface area contributed by atoms with Gasteiger partial charge in [0.2, 0.25) is 0 Å². The number of carbonyl (C=O) groups excluding carboxylic acids is 1. The molecule has 0 N–H and O–H groups in total. The number of ether oxygens (including phenoxy) is 1. The van der Waals surface area contributed by atoms with Crippen LogP contribution < -0.4 is 15.9 Å². The van der Waals surface area contributed by atoms with Crippen molar-refractivity contribution >= 4 is 29.1 Å². The third-order valence-electron chi connectivity index (χ3n) is 5.02. The van der Waals surface area contributed by atoms with Crippen LogP contribution in [0.1, 0.15) is 6.92 Å². The molecule has 0 amide bonds. The van der Waals surface area contributed by atoms with Crippen LogP contribution in [0.25, 0.3) is 0 Å². The van der Waals surface area contributed by atoms with Gasteiger partial charge in [-0.2, -0.15) is 0 Å². The van der Waals surface area contributed by atoms with E-state index in [2.05, 4.69) is 72.8 Å². The molecule has 0 aliphatic carbocycles. The summed E-state index contributed by atoms with van der Waals surface area (Å²) in [6, 6.07) is 32.0. The van der Waals surface area contributed by atoms with E-state index in [1.54, 1.807) is 0 Å². The number of benzene rings is 3. The second-order valence-electron chi connectivity index (χ2n) is 6.59. The fraction of sp³-hybridized carbons (Fsp3) is 0.125. The molecular formula is C24H25O2P. The molecule has 0 aliphatic rings. The molecule has 3 rings (SSSR count). The number of methoxy groups -OCH3 is 1. The van der Waals surface area contributed by atoms with Crippen molar-refractivity contribution in [2.75, 3.05) is 13.3 Å². The Morgan fingerprint density at radius 3 is 1.48 bits per heavy atom. The molecule has 0 bridgehead atoms. The molecule has 0 heterocycles.